The number of hydrogen-bond donors (Lipinski definition) is 1. The molecule has 2 aromatic rings. The smallest absolute Gasteiger partial charge is 0.232 e. The van der Waals surface area contributed by atoms with E-state index in [9.17, 15) is 4.79 Å². The van der Waals surface area contributed by atoms with Crippen LogP contribution in [0.2, 0.25) is 10.0 Å². The minimum Gasteiger partial charge on any atom is -0.369 e. The quantitative estimate of drug-likeness (QED) is 0.905. The van der Waals surface area contributed by atoms with E-state index in [2.05, 4.69) is 0 Å². The van der Waals surface area contributed by atoms with Crippen molar-refractivity contribution in [3.63, 3.8) is 0 Å². The molecule has 20 heavy (non-hydrogen) atoms. The van der Waals surface area contributed by atoms with Gasteiger partial charge in [-0.3, -0.25) is 4.79 Å². The van der Waals surface area contributed by atoms with Crippen LogP contribution in [0.3, 0.4) is 0 Å². The van der Waals surface area contributed by atoms with Crippen molar-refractivity contribution in [2.45, 2.75) is 18.8 Å². The zero-order valence-electron chi connectivity index (χ0n) is 11.1. The molecule has 2 aromatic carbocycles. The molecule has 0 saturated carbocycles. The van der Waals surface area contributed by atoms with Crippen molar-refractivity contribution in [1.82, 2.24) is 0 Å². The molecule has 0 aliphatic heterocycles. The van der Waals surface area contributed by atoms with Gasteiger partial charge in [-0.15, -0.1) is 0 Å². The Morgan fingerprint density at radius 2 is 1.30 bits per heavy atom. The summed E-state index contributed by atoms with van der Waals surface area (Å²) in [4.78, 5) is 12.2. The SMILES string of the molecule is CCC(C(N)=O)(c1ccc(Cl)cc1)c1ccc(Cl)cc1. The fraction of sp³-hybridized carbons (Fsp3) is 0.188. The van der Waals surface area contributed by atoms with Gasteiger partial charge in [-0.2, -0.15) is 0 Å². The Balaban J connectivity index is 2.64. The third-order valence-electron chi connectivity index (χ3n) is 3.63. The summed E-state index contributed by atoms with van der Waals surface area (Å²) >= 11 is 11.8. The zero-order valence-corrected chi connectivity index (χ0v) is 12.6. The molecule has 4 heteroatoms. The second-order valence-electron chi connectivity index (χ2n) is 4.64. The van der Waals surface area contributed by atoms with Crippen LogP contribution < -0.4 is 5.73 Å². The van der Waals surface area contributed by atoms with Gasteiger partial charge in [0.1, 0.15) is 0 Å². The minimum atomic E-state index is -0.866. The highest BCUT2D eigenvalue weighted by Gasteiger charge is 2.38. The number of carbonyl (C=O) groups excluding carboxylic acids is 1. The molecule has 1 amide bonds. The number of carbonyl (C=O) groups is 1. The van der Waals surface area contributed by atoms with Crippen LogP contribution in [0.25, 0.3) is 0 Å². The molecule has 0 spiro atoms. The molecular weight excluding hydrogens is 293 g/mol. The number of primary amides is 1. The average molecular weight is 308 g/mol. The molecule has 0 atom stereocenters. The summed E-state index contributed by atoms with van der Waals surface area (Å²) < 4.78 is 0. The number of nitrogens with two attached hydrogens (primary N) is 1. The van der Waals surface area contributed by atoms with Crippen molar-refractivity contribution >= 4 is 29.1 Å². The Morgan fingerprint density at radius 3 is 1.55 bits per heavy atom. The average Bonchev–Trinajstić information content (AvgIpc) is 2.43. The van der Waals surface area contributed by atoms with Crippen molar-refractivity contribution in [2.24, 2.45) is 5.73 Å². The maximum absolute atomic E-state index is 12.2. The van der Waals surface area contributed by atoms with Gasteiger partial charge in [0.25, 0.3) is 0 Å². The Hall–Kier alpha value is -1.51. The highest BCUT2D eigenvalue weighted by molar-refractivity contribution is 6.30. The van der Waals surface area contributed by atoms with Crippen LogP contribution in [-0.4, -0.2) is 5.91 Å². The summed E-state index contributed by atoms with van der Waals surface area (Å²) in [5, 5.41) is 1.25. The summed E-state index contributed by atoms with van der Waals surface area (Å²) in [7, 11) is 0. The van der Waals surface area contributed by atoms with Crippen LogP contribution >= 0.6 is 23.2 Å². The third kappa shape index (κ3) is 2.54. The van der Waals surface area contributed by atoms with Crippen LogP contribution in [0, 0.1) is 0 Å². The summed E-state index contributed by atoms with van der Waals surface area (Å²) in [5.41, 5.74) is 6.52. The first-order valence-electron chi connectivity index (χ1n) is 6.32. The number of halogens is 2. The Bertz CT molecular complexity index is 560. The molecule has 104 valence electrons. The Morgan fingerprint density at radius 1 is 0.950 bits per heavy atom. The van der Waals surface area contributed by atoms with Gasteiger partial charge in [-0.25, -0.2) is 0 Å². The minimum absolute atomic E-state index is 0.385. The highest BCUT2D eigenvalue weighted by atomic mass is 35.5. The molecule has 0 aliphatic carbocycles. The molecule has 2 rings (SSSR count). The fourth-order valence-electron chi connectivity index (χ4n) is 2.50. The summed E-state index contributed by atoms with van der Waals surface area (Å²) in [6, 6.07) is 14.4. The topological polar surface area (TPSA) is 43.1 Å². The van der Waals surface area contributed by atoms with Crippen LogP contribution in [0.5, 0.6) is 0 Å². The molecule has 2 nitrogen and oxygen atoms in total. The molecule has 0 fully saturated rings. The zero-order chi connectivity index (χ0) is 14.8. The lowest BCUT2D eigenvalue weighted by Crippen LogP contribution is -2.41. The van der Waals surface area contributed by atoms with Crippen LogP contribution in [-0.2, 0) is 10.2 Å². The molecule has 2 N–H and O–H groups in total. The van der Waals surface area contributed by atoms with E-state index in [1.165, 1.54) is 0 Å². The van der Waals surface area contributed by atoms with Gasteiger partial charge in [0.2, 0.25) is 5.91 Å². The standard InChI is InChI=1S/C16H15Cl2NO/c1-2-16(15(19)20,11-3-7-13(17)8-4-11)12-5-9-14(18)10-6-12/h3-10H,2H2,1H3,(H2,19,20). The van der Waals surface area contributed by atoms with Crippen LogP contribution in [0.4, 0.5) is 0 Å². The van der Waals surface area contributed by atoms with E-state index in [1.807, 2.05) is 31.2 Å². The predicted molar refractivity (Wildman–Crippen MR) is 83.2 cm³/mol. The van der Waals surface area contributed by atoms with Gasteiger partial charge < -0.3 is 5.73 Å². The molecule has 0 aromatic heterocycles. The normalized spacial score (nSPS) is 11.3. The molecule has 0 unspecified atom stereocenters. The summed E-state index contributed by atoms with van der Waals surface area (Å²) in [5.74, 6) is -0.385. The maximum atomic E-state index is 12.2. The Kier molecular flexibility index (Phi) is 4.36. The van der Waals surface area contributed by atoms with Gasteiger partial charge in [0.05, 0.1) is 5.41 Å². The number of benzene rings is 2. The van der Waals surface area contributed by atoms with Crippen molar-refractivity contribution in [3.05, 3.63) is 69.7 Å². The van der Waals surface area contributed by atoms with Gasteiger partial charge >= 0.3 is 0 Å². The van der Waals surface area contributed by atoms with E-state index in [0.29, 0.717) is 16.5 Å². The van der Waals surface area contributed by atoms with E-state index in [4.69, 9.17) is 28.9 Å². The second kappa shape index (κ2) is 5.86. The highest BCUT2D eigenvalue weighted by Crippen LogP contribution is 2.36. The number of hydrogen-bond acceptors (Lipinski definition) is 1. The van der Waals surface area contributed by atoms with E-state index >= 15 is 0 Å². The van der Waals surface area contributed by atoms with Gasteiger partial charge in [-0.05, 0) is 41.8 Å². The second-order valence-corrected chi connectivity index (χ2v) is 5.51. The monoisotopic (exact) mass is 307 g/mol. The molecule has 0 aliphatic rings. The lowest BCUT2D eigenvalue weighted by molar-refractivity contribution is -0.122. The van der Waals surface area contributed by atoms with E-state index < -0.39 is 5.41 Å². The van der Waals surface area contributed by atoms with Crippen LogP contribution in [0.15, 0.2) is 48.5 Å². The Labute approximate surface area is 128 Å². The van der Waals surface area contributed by atoms with E-state index in [-0.39, 0.29) is 5.91 Å². The van der Waals surface area contributed by atoms with E-state index in [0.717, 1.165) is 11.1 Å². The number of rotatable bonds is 4. The number of amides is 1. The summed E-state index contributed by atoms with van der Waals surface area (Å²) in [6.45, 7) is 1.94. The lowest BCUT2D eigenvalue weighted by Gasteiger charge is -2.30. The largest absolute Gasteiger partial charge is 0.369 e. The molecule has 0 saturated heterocycles. The van der Waals surface area contributed by atoms with Gasteiger partial charge in [0.15, 0.2) is 0 Å². The third-order valence-corrected chi connectivity index (χ3v) is 4.13. The molecule has 0 heterocycles. The van der Waals surface area contributed by atoms with Crippen LogP contribution in [0.1, 0.15) is 24.5 Å². The fourth-order valence-corrected chi connectivity index (χ4v) is 2.75. The summed E-state index contributed by atoms with van der Waals surface area (Å²) in [6.07, 6.45) is 0.561. The predicted octanol–water partition coefficient (Wildman–Crippen LogP) is 4.17. The van der Waals surface area contributed by atoms with Crippen molar-refractivity contribution in [3.8, 4) is 0 Å². The molecular formula is C16H15Cl2NO. The van der Waals surface area contributed by atoms with E-state index in [1.54, 1.807) is 24.3 Å². The van der Waals surface area contributed by atoms with Crippen molar-refractivity contribution in [2.75, 3.05) is 0 Å². The maximum Gasteiger partial charge on any atom is 0.232 e. The van der Waals surface area contributed by atoms with Crippen molar-refractivity contribution in [1.29, 1.82) is 0 Å². The first-order valence-corrected chi connectivity index (χ1v) is 7.08. The lowest BCUT2D eigenvalue weighted by atomic mass is 9.72. The first kappa shape index (κ1) is 14.9. The first-order chi connectivity index (χ1) is 9.50. The molecule has 0 bridgehead atoms. The van der Waals surface area contributed by atoms with Crippen molar-refractivity contribution < 1.29 is 4.79 Å². The van der Waals surface area contributed by atoms with Gasteiger partial charge in [0, 0.05) is 10.0 Å². The van der Waals surface area contributed by atoms with Gasteiger partial charge in [-0.1, -0.05) is 54.4 Å². The molecule has 0 radical (unpaired) electrons.